The summed E-state index contributed by atoms with van der Waals surface area (Å²) < 4.78 is 0. The van der Waals surface area contributed by atoms with Crippen LogP contribution in [-0.4, -0.2) is 23.9 Å². The van der Waals surface area contributed by atoms with Crippen molar-refractivity contribution in [3.63, 3.8) is 0 Å². The molecule has 3 heteroatoms. The fourth-order valence-corrected chi connectivity index (χ4v) is 3.72. The summed E-state index contributed by atoms with van der Waals surface area (Å²) >= 11 is 6.58. The summed E-state index contributed by atoms with van der Waals surface area (Å²) in [7, 11) is 0. The van der Waals surface area contributed by atoms with Crippen LogP contribution in [0.5, 0.6) is 0 Å². The quantitative estimate of drug-likeness (QED) is 0.553. The summed E-state index contributed by atoms with van der Waals surface area (Å²) in [6.07, 6.45) is 11.2. The Balaban J connectivity index is 1.71. The number of hydrogen-bond donors (Lipinski definition) is 0. The molecule has 1 amide bonds. The van der Waals surface area contributed by atoms with Crippen molar-refractivity contribution in [1.82, 2.24) is 4.90 Å². The summed E-state index contributed by atoms with van der Waals surface area (Å²) in [6, 6.07) is 8.31. The topological polar surface area (TPSA) is 20.3 Å². The summed E-state index contributed by atoms with van der Waals surface area (Å²) in [5.74, 6) is 0.122. The van der Waals surface area contributed by atoms with Crippen LogP contribution in [0.15, 0.2) is 53.6 Å². The van der Waals surface area contributed by atoms with E-state index >= 15 is 0 Å². The lowest BCUT2D eigenvalue weighted by molar-refractivity contribution is -0.126. The zero-order valence-corrected chi connectivity index (χ0v) is 15.0. The van der Waals surface area contributed by atoms with Crippen molar-refractivity contribution in [2.24, 2.45) is 0 Å². The van der Waals surface area contributed by atoms with E-state index in [0.717, 1.165) is 60.5 Å². The highest BCUT2D eigenvalue weighted by Gasteiger charge is 2.16. The third kappa shape index (κ3) is 3.99. The summed E-state index contributed by atoms with van der Waals surface area (Å²) in [4.78, 5) is 14.1. The van der Waals surface area contributed by atoms with E-state index in [0.29, 0.717) is 0 Å². The van der Waals surface area contributed by atoms with Gasteiger partial charge in [-0.15, -0.1) is 0 Å². The number of aryl methyl sites for hydroxylation is 1. The third-order valence-electron chi connectivity index (χ3n) is 4.76. The number of carbonyl (C=O) groups excluding carboxylic acids is 1. The van der Waals surface area contributed by atoms with E-state index < -0.39 is 0 Å². The average molecular weight is 342 g/mol. The van der Waals surface area contributed by atoms with Gasteiger partial charge in [-0.25, -0.2) is 0 Å². The number of likely N-dealkylation sites (tertiary alicyclic amines) is 1. The Morgan fingerprint density at radius 2 is 1.83 bits per heavy atom. The van der Waals surface area contributed by atoms with Crippen molar-refractivity contribution in [3.8, 4) is 0 Å². The largest absolute Gasteiger partial charge is 0.339 e. The molecular weight excluding hydrogens is 318 g/mol. The lowest BCUT2D eigenvalue weighted by Crippen LogP contribution is -2.34. The van der Waals surface area contributed by atoms with Crippen LogP contribution in [0.25, 0.3) is 5.03 Å². The maximum absolute atomic E-state index is 12.2. The Labute approximate surface area is 149 Å². The van der Waals surface area contributed by atoms with E-state index in [1.807, 2.05) is 24.0 Å². The number of nitrogens with zero attached hydrogens (tertiary/aromatic N) is 1. The molecule has 3 rings (SSSR count). The number of piperidine rings is 1. The van der Waals surface area contributed by atoms with E-state index in [2.05, 4.69) is 24.3 Å². The van der Waals surface area contributed by atoms with Gasteiger partial charge in [0.2, 0.25) is 5.91 Å². The normalized spacial score (nSPS) is 18.9. The number of allylic oxidation sites excluding steroid dienone is 4. The fraction of sp³-hybridized carbons (Fsp3) is 0.381. The molecular formula is C21H24ClNO. The van der Waals surface area contributed by atoms with Gasteiger partial charge in [-0.3, -0.25) is 4.79 Å². The Morgan fingerprint density at radius 3 is 2.62 bits per heavy atom. The number of fused-ring (bicyclic) bond motifs is 1. The maximum atomic E-state index is 12.2. The van der Waals surface area contributed by atoms with Gasteiger partial charge in [0.25, 0.3) is 0 Å². The van der Waals surface area contributed by atoms with Crippen LogP contribution in [0.3, 0.4) is 0 Å². The predicted molar refractivity (Wildman–Crippen MR) is 101 cm³/mol. The molecule has 0 spiro atoms. The average Bonchev–Trinajstić information content (AvgIpc) is 2.63. The number of halogens is 1. The van der Waals surface area contributed by atoms with Gasteiger partial charge in [0, 0.05) is 19.2 Å². The molecule has 2 nitrogen and oxygen atoms in total. The molecule has 1 aliphatic carbocycles. The zero-order chi connectivity index (χ0) is 16.9. The Bertz CT molecular complexity index is 708. The second kappa shape index (κ2) is 7.85. The molecule has 0 saturated carbocycles. The standard InChI is InChI=1S/C21H24ClNO/c1-16(9-12-20(24)23-13-5-2-6-14-23)15-18-11-10-17-7-3-4-8-19(17)21(18)22/h3-4,7-9,12,15H,2,5-6,10-11,13-14H2,1H3/b12-9+,16-15+. The third-order valence-corrected chi connectivity index (χ3v) is 5.20. The Kier molecular flexibility index (Phi) is 5.57. The molecule has 0 bridgehead atoms. The summed E-state index contributed by atoms with van der Waals surface area (Å²) in [5.41, 5.74) is 4.67. The van der Waals surface area contributed by atoms with Crippen LogP contribution in [0.4, 0.5) is 0 Å². The van der Waals surface area contributed by atoms with Crippen molar-refractivity contribution in [2.75, 3.05) is 13.1 Å². The first-order chi connectivity index (χ1) is 11.6. The molecule has 24 heavy (non-hydrogen) atoms. The van der Waals surface area contributed by atoms with E-state index in [1.165, 1.54) is 12.0 Å². The molecule has 0 atom stereocenters. The van der Waals surface area contributed by atoms with Crippen LogP contribution in [0.2, 0.25) is 0 Å². The molecule has 1 aromatic rings. The van der Waals surface area contributed by atoms with Crippen molar-refractivity contribution < 1.29 is 4.79 Å². The van der Waals surface area contributed by atoms with Gasteiger partial charge in [-0.1, -0.05) is 53.6 Å². The first kappa shape index (κ1) is 17.0. The first-order valence-corrected chi connectivity index (χ1v) is 9.15. The number of hydrogen-bond acceptors (Lipinski definition) is 1. The second-order valence-electron chi connectivity index (χ2n) is 6.60. The minimum atomic E-state index is 0.122. The fourth-order valence-electron chi connectivity index (χ4n) is 3.39. The van der Waals surface area contributed by atoms with E-state index in [9.17, 15) is 4.79 Å². The molecule has 1 aromatic carbocycles. The molecule has 1 saturated heterocycles. The summed E-state index contributed by atoms with van der Waals surface area (Å²) in [6.45, 7) is 3.80. The van der Waals surface area contributed by atoms with Crippen LogP contribution < -0.4 is 0 Å². The van der Waals surface area contributed by atoms with Gasteiger partial charge < -0.3 is 4.90 Å². The zero-order valence-electron chi connectivity index (χ0n) is 14.2. The highest BCUT2D eigenvalue weighted by molar-refractivity contribution is 6.49. The minimum Gasteiger partial charge on any atom is -0.339 e. The molecule has 0 radical (unpaired) electrons. The van der Waals surface area contributed by atoms with Gasteiger partial charge in [0.15, 0.2) is 0 Å². The van der Waals surface area contributed by atoms with Crippen LogP contribution >= 0.6 is 11.6 Å². The Hall–Kier alpha value is -1.80. The molecule has 1 aliphatic heterocycles. The van der Waals surface area contributed by atoms with E-state index in [-0.39, 0.29) is 5.91 Å². The lowest BCUT2D eigenvalue weighted by atomic mass is 9.91. The molecule has 126 valence electrons. The van der Waals surface area contributed by atoms with Crippen LogP contribution in [0, 0.1) is 0 Å². The number of amides is 1. The van der Waals surface area contributed by atoms with Crippen molar-refractivity contribution in [2.45, 2.75) is 39.0 Å². The van der Waals surface area contributed by atoms with Gasteiger partial charge in [-0.05, 0) is 55.7 Å². The first-order valence-electron chi connectivity index (χ1n) is 8.77. The van der Waals surface area contributed by atoms with Gasteiger partial charge in [0.1, 0.15) is 0 Å². The van der Waals surface area contributed by atoms with Gasteiger partial charge in [-0.2, -0.15) is 0 Å². The van der Waals surface area contributed by atoms with E-state index in [4.69, 9.17) is 11.6 Å². The number of rotatable bonds is 3. The van der Waals surface area contributed by atoms with Crippen LogP contribution in [-0.2, 0) is 11.2 Å². The van der Waals surface area contributed by atoms with Gasteiger partial charge in [0.05, 0.1) is 5.03 Å². The smallest absolute Gasteiger partial charge is 0.246 e. The van der Waals surface area contributed by atoms with Crippen LogP contribution in [0.1, 0.15) is 43.7 Å². The predicted octanol–water partition coefficient (Wildman–Crippen LogP) is 5.10. The number of benzene rings is 1. The van der Waals surface area contributed by atoms with E-state index in [1.54, 1.807) is 6.08 Å². The minimum absolute atomic E-state index is 0.122. The Morgan fingerprint density at radius 1 is 1.08 bits per heavy atom. The molecule has 0 aromatic heterocycles. The highest BCUT2D eigenvalue weighted by atomic mass is 35.5. The monoisotopic (exact) mass is 341 g/mol. The second-order valence-corrected chi connectivity index (χ2v) is 6.98. The lowest BCUT2D eigenvalue weighted by Gasteiger charge is -2.25. The molecule has 0 N–H and O–H groups in total. The highest BCUT2D eigenvalue weighted by Crippen LogP contribution is 2.34. The molecule has 1 heterocycles. The molecule has 1 fully saturated rings. The van der Waals surface area contributed by atoms with Crippen molar-refractivity contribution >= 4 is 22.5 Å². The molecule has 0 unspecified atom stereocenters. The van der Waals surface area contributed by atoms with Crippen molar-refractivity contribution in [3.05, 3.63) is 64.8 Å². The van der Waals surface area contributed by atoms with Crippen molar-refractivity contribution in [1.29, 1.82) is 0 Å². The maximum Gasteiger partial charge on any atom is 0.246 e. The summed E-state index contributed by atoms with van der Waals surface area (Å²) in [5, 5.41) is 0.840. The van der Waals surface area contributed by atoms with Gasteiger partial charge >= 0.3 is 0 Å². The SMILES string of the molecule is CC(/C=C/C(=O)N1CCCCC1)=C\C1=C(Cl)c2ccccc2CC1. The number of carbonyl (C=O) groups is 1. The molecule has 2 aliphatic rings.